The Kier molecular flexibility index (Phi) is 12.6. The predicted molar refractivity (Wildman–Crippen MR) is 119 cm³/mol. The van der Waals surface area contributed by atoms with E-state index in [0.29, 0.717) is 6.04 Å². The van der Waals surface area contributed by atoms with E-state index >= 15 is 0 Å². The van der Waals surface area contributed by atoms with Crippen LogP contribution in [0.4, 0.5) is 22.0 Å². The SMILES string of the molecule is C=C(CCC(=O)OC(OCC[Si](C)(C)O[Si](C)(C)C)C(C)O)C(=O)OCCC(F)(F)C(F)(F)F. The van der Waals surface area contributed by atoms with E-state index in [2.05, 4.69) is 31.0 Å². The Bertz CT molecular complexity index is 692. The molecule has 0 aliphatic rings. The van der Waals surface area contributed by atoms with Crippen LogP contribution in [0, 0.1) is 0 Å². The van der Waals surface area contributed by atoms with Gasteiger partial charge in [0.15, 0.2) is 16.6 Å². The van der Waals surface area contributed by atoms with Crippen LogP contribution in [0.25, 0.3) is 0 Å². The number of carbonyl (C=O) groups is 2. The molecule has 0 bridgehead atoms. The molecule has 0 aliphatic carbocycles. The third kappa shape index (κ3) is 13.5. The number of hydrogen-bond acceptors (Lipinski definition) is 7. The molecule has 200 valence electrons. The fourth-order valence-corrected chi connectivity index (χ4v) is 10.3. The summed E-state index contributed by atoms with van der Waals surface area (Å²) in [4.78, 5) is 23.7. The fourth-order valence-electron chi connectivity index (χ4n) is 2.63. The van der Waals surface area contributed by atoms with Crippen LogP contribution in [0.1, 0.15) is 26.2 Å². The minimum Gasteiger partial charge on any atom is -0.462 e. The Morgan fingerprint density at radius 1 is 1.00 bits per heavy atom. The summed E-state index contributed by atoms with van der Waals surface area (Å²) >= 11 is 0. The van der Waals surface area contributed by atoms with Gasteiger partial charge in [-0.15, -0.1) is 0 Å². The van der Waals surface area contributed by atoms with Gasteiger partial charge in [0.25, 0.3) is 0 Å². The molecule has 0 aliphatic heterocycles. The van der Waals surface area contributed by atoms with Crippen LogP contribution in [0.3, 0.4) is 0 Å². The number of aliphatic hydroxyl groups is 1. The van der Waals surface area contributed by atoms with Crippen molar-refractivity contribution in [2.45, 2.75) is 89.5 Å². The highest BCUT2D eigenvalue weighted by molar-refractivity contribution is 6.84. The minimum atomic E-state index is -5.75. The monoisotopic (exact) mass is 538 g/mol. The Hall–Kier alpha value is -1.36. The Balaban J connectivity index is 4.50. The molecule has 0 amide bonds. The molecule has 0 saturated heterocycles. The first kappa shape index (κ1) is 32.6. The van der Waals surface area contributed by atoms with Crippen molar-refractivity contribution in [1.82, 2.24) is 0 Å². The van der Waals surface area contributed by atoms with E-state index in [1.54, 1.807) is 0 Å². The molecule has 7 nitrogen and oxygen atoms in total. The molecular formula is C20H35F5O7Si2. The van der Waals surface area contributed by atoms with E-state index in [0.717, 1.165) is 0 Å². The lowest BCUT2D eigenvalue weighted by molar-refractivity contribution is -0.286. The largest absolute Gasteiger partial charge is 0.462 e. The molecule has 1 N–H and O–H groups in total. The van der Waals surface area contributed by atoms with Gasteiger partial charge in [0.2, 0.25) is 6.29 Å². The van der Waals surface area contributed by atoms with E-state index in [4.69, 9.17) is 13.6 Å². The summed E-state index contributed by atoms with van der Waals surface area (Å²) in [5.41, 5.74) is -0.307. The summed E-state index contributed by atoms with van der Waals surface area (Å²) in [7, 11) is -3.75. The smallest absolute Gasteiger partial charge is 0.453 e. The van der Waals surface area contributed by atoms with Gasteiger partial charge in [0, 0.05) is 12.0 Å². The molecule has 14 heteroatoms. The number of carbonyl (C=O) groups excluding carboxylic acids is 2. The van der Waals surface area contributed by atoms with Crippen LogP contribution < -0.4 is 0 Å². The van der Waals surface area contributed by atoms with Gasteiger partial charge >= 0.3 is 24.0 Å². The number of esters is 2. The highest BCUT2D eigenvalue weighted by Crippen LogP contribution is 2.37. The Labute approximate surface area is 198 Å². The van der Waals surface area contributed by atoms with Crippen molar-refractivity contribution in [2.75, 3.05) is 13.2 Å². The Morgan fingerprint density at radius 2 is 1.56 bits per heavy atom. The molecule has 0 saturated carbocycles. The summed E-state index contributed by atoms with van der Waals surface area (Å²) in [6, 6.07) is 0.605. The summed E-state index contributed by atoms with van der Waals surface area (Å²) in [5.74, 6) is -7.03. The zero-order valence-electron chi connectivity index (χ0n) is 20.4. The second-order valence-corrected chi connectivity index (χ2v) is 18.4. The molecule has 0 spiro atoms. The molecule has 0 radical (unpaired) electrons. The standard InChI is InChI=1S/C20H35F5O7Si2/c1-14(17(28)29-11-10-19(21,22)20(23,24)25)8-9-16(27)31-18(15(2)26)30-12-13-34(6,7)32-33(3,4)5/h15,18,26H,1,8-13H2,2-7H3. The number of rotatable bonds is 15. The van der Waals surface area contributed by atoms with E-state index in [1.807, 2.05) is 13.1 Å². The molecular weight excluding hydrogens is 503 g/mol. The second-order valence-electron chi connectivity index (χ2n) is 9.39. The van der Waals surface area contributed by atoms with Crippen molar-refractivity contribution in [3.05, 3.63) is 12.2 Å². The van der Waals surface area contributed by atoms with Crippen LogP contribution in [0.2, 0.25) is 38.8 Å². The van der Waals surface area contributed by atoms with Crippen LogP contribution >= 0.6 is 0 Å². The van der Waals surface area contributed by atoms with E-state index in [9.17, 15) is 36.6 Å². The van der Waals surface area contributed by atoms with Crippen molar-refractivity contribution < 1.29 is 55.0 Å². The normalized spacial score (nSPS) is 14.9. The third-order valence-electron chi connectivity index (χ3n) is 4.19. The lowest BCUT2D eigenvalue weighted by Crippen LogP contribution is -2.43. The summed E-state index contributed by atoms with van der Waals surface area (Å²) in [5, 5.41) is 9.81. The maximum atomic E-state index is 12.8. The van der Waals surface area contributed by atoms with Crippen molar-refractivity contribution in [1.29, 1.82) is 0 Å². The zero-order chi connectivity index (χ0) is 27.0. The van der Waals surface area contributed by atoms with Crippen LogP contribution in [-0.4, -0.2) is 71.4 Å². The zero-order valence-corrected chi connectivity index (χ0v) is 22.4. The van der Waals surface area contributed by atoms with Gasteiger partial charge < -0.3 is 23.4 Å². The van der Waals surface area contributed by atoms with Crippen LogP contribution in [-0.2, 0) is 27.9 Å². The van der Waals surface area contributed by atoms with Gasteiger partial charge in [-0.2, -0.15) is 22.0 Å². The lowest BCUT2D eigenvalue weighted by atomic mass is 10.1. The number of halogens is 5. The first-order valence-electron chi connectivity index (χ1n) is 10.7. The molecule has 34 heavy (non-hydrogen) atoms. The first-order valence-corrected chi connectivity index (χ1v) is 17.2. The maximum Gasteiger partial charge on any atom is 0.453 e. The average Bonchev–Trinajstić information content (AvgIpc) is 2.61. The predicted octanol–water partition coefficient (Wildman–Crippen LogP) is 4.78. The second kappa shape index (κ2) is 13.1. The van der Waals surface area contributed by atoms with E-state index in [-0.39, 0.29) is 25.0 Å². The summed E-state index contributed by atoms with van der Waals surface area (Å²) in [6.07, 6.45) is -10.5. The maximum absolute atomic E-state index is 12.8. The van der Waals surface area contributed by atoms with Gasteiger partial charge in [-0.25, -0.2) is 4.79 Å². The minimum absolute atomic E-state index is 0.189. The van der Waals surface area contributed by atoms with Crippen molar-refractivity contribution >= 4 is 28.6 Å². The van der Waals surface area contributed by atoms with Gasteiger partial charge in [-0.05, 0) is 52.1 Å². The van der Waals surface area contributed by atoms with E-state index < -0.39 is 66.1 Å². The van der Waals surface area contributed by atoms with Crippen molar-refractivity contribution in [3.63, 3.8) is 0 Å². The van der Waals surface area contributed by atoms with E-state index in [1.165, 1.54) is 6.92 Å². The van der Waals surface area contributed by atoms with Crippen molar-refractivity contribution in [2.24, 2.45) is 0 Å². The summed E-state index contributed by atoms with van der Waals surface area (Å²) < 4.78 is 83.0. The summed E-state index contributed by atoms with van der Waals surface area (Å²) in [6.45, 7) is 14.0. The number of aliphatic hydroxyl groups excluding tert-OH is 1. The molecule has 0 aromatic heterocycles. The van der Waals surface area contributed by atoms with Gasteiger partial charge in [0.1, 0.15) is 6.10 Å². The molecule has 0 aromatic rings. The third-order valence-corrected chi connectivity index (χ3v) is 10.3. The lowest BCUT2D eigenvalue weighted by Gasteiger charge is -2.32. The average molecular weight is 539 g/mol. The molecule has 2 atom stereocenters. The molecule has 0 fully saturated rings. The number of hydrogen-bond donors (Lipinski definition) is 1. The molecule has 0 heterocycles. The Morgan fingerprint density at radius 3 is 2.03 bits per heavy atom. The highest BCUT2D eigenvalue weighted by atomic mass is 28.4. The number of ether oxygens (including phenoxy) is 3. The van der Waals surface area contributed by atoms with Gasteiger partial charge in [-0.1, -0.05) is 6.58 Å². The molecule has 0 aromatic carbocycles. The van der Waals surface area contributed by atoms with Gasteiger partial charge in [-0.3, -0.25) is 4.79 Å². The van der Waals surface area contributed by atoms with Crippen molar-refractivity contribution in [3.8, 4) is 0 Å². The van der Waals surface area contributed by atoms with Gasteiger partial charge in [0.05, 0.1) is 19.6 Å². The molecule has 2 unspecified atom stereocenters. The fraction of sp³-hybridized carbons (Fsp3) is 0.800. The van der Waals surface area contributed by atoms with Crippen LogP contribution in [0.15, 0.2) is 12.2 Å². The number of alkyl halides is 5. The topological polar surface area (TPSA) is 91.3 Å². The first-order chi connectivity index (χ1) is 15.2. The van der Waals surface area contributed by atoms with Crippen LogP contribution in [0.5, 0.6) is 0 Å². The quantitative estimate of drug-likeness (QED) is 0.106. The molecule has 0 rings (SSSR count). The highest BCUT2D eigenvalue weighted by Gasteiger charge is 2.57.